The van der Waals surface area contributed by atoms with E-state index in [1.807, 2.05) is 4.90 Å². The van der Waals surface area contributed by atoms with E-state index in [1.54, 1.807) is 13.3 Å². The van der Waals surface area contributed by atoms with Gasteiger partial charge in [-0.25, -0.2) is 9.97 Å². The minimum atomic E-state index is 0.154. The van der Waals surface area contributed by atoms with Crippen LogP contribution in [0.3, 0.4) is 0 Å². The average molecular weight is 380 g/mol. The zero-order valence-corrected chi connectivity index (χ0v) is 16.6. The molecule has 2 aromatic rings. The van der Waals surface area contributed by atoms with Gasteiger partial charge in [0.05, 0.1) is 0 Å². The van der Waals surface area contributed by atoms with E-state index in [4.69, 9.17) is 0 Å². The van der Waals surface area contributed by atoms with E-state index in [0.717, 1.165) is 56.8 Å². The van der Waals surface area contributed by atoms with Crippen LogP contribution in [0.15, 0.2) is 42.7 Å². The number of piperidine rings is 1. The quantitative estimate of drug-likeness (QED) is 0.817. The number of benzene rings is 1. The fourth-order valence-electron chi connectivity index (χ4n) is 4.25. The fraction of sp³-hybridized carbons (Fsp3) is 0.500. The first-order valence-corrected chi connectivity index (χ1v) is 10.3. The van der Waals surface area contributed by atoms with Crippen LogP contribution in [0.1, 0.15) is 25.3 Å². The molecule has 0 bridgehead atoms. The van der Waals surface area contributed by atoms with E-state index >= 15 is 0 Å². The average Bonchev–Trinajstić information content (AvgIpc) is 2.75. The summed E-state index contributed by atoms with van der Waals surface area (Å²) in [6.07, 6.45) is 5.25. The Balaban J connectivity index is 1.33. The molecule has 1 aromatic heterocycles. The zero-order valence-electron chi connectivity index (χ0n) is 16.6. The molecule has 148 valence electrons. The molecule has 0 saturated carbocycles. The molecule has 0 N–H and O–H groups in total. The summed E-state index contributed by atoms with van der Waals surface area (Å²) in [4.78, 5) is 27.1. The third-order valence-electron chi connectivity index (χ3n) is 5.99. The molecule has 0 unspecified atom stereocenters. The molecular weight excluding hydrogens is 350 g/mol. The lowest BCUT2D eigenvalue weighted by atomic mass is 9.90. The highest BCUT2D eigenvalue weighted by Gasteiger charge is 2.23. The number of hydrogen-bond acceptors (Lipinski definition) is 5. The standard InChI is InChI=1S/C22H29N5O/c1-18(28)25-11-13-27(14-12-25)22-16-21(23-17-24-22)26-9-7-20(8-10-26)15-19-5-3-2-4-6-19/h2-6,16-17,20H,7-15H2,1H3. The van der Waals surface area contributed by atoms with Gasteiger partial charge in [-0.3, -0.25) is 4.79 Å². The Kier molecular flexibility index (Phi) is 5.74. The molecule has 1 amide bonds. The van der Waals surface area contributed by atoms with E-state index in [2.05, 4.69) is 56.2 Å². The van der Waals surface area contributed by atoms with E-state index < -0.39 is 0 Å². The number of nitrogens with zero attached hydrogens (tertiary/aromatic N) is 5. The molecule has 28 heavy (non-hydrogen) atoms. The number of carbonyl (C=O) groups is 1. The largest absolute Gasteiger partial charge is 0.356 e. The third kappa shape index (κ3) is 4.43. The lowest BCUT2D eigenvalue weighted by Crippen LogP contribution is -2.48. The van der Waals surface area contributed by atoms with Crippen molar-refractivity contribution in [3.05, 3.63) is 48.3 Å². The number of carbonyl (C=O) groups excluding carboxylic acids is 1. The van der Waals surface area contributed by atoms with Crippen molar-refractivity contribution in [3.63, 3.8) is 0 Å². The van der Waals surface area contributed by atoms with Crippen molar-refractivity contribution in [2.24, 2.45) is 5.92 Å². The normalized spacial score (nSPS) is 18.4. The van der Waals surface area contributed by atoms with E-state index in [-0.39, 0.29) is 5.91 Å². The van der Waals surface area contributed by atoms with Crippen LogP contribution in [-0.4, -0.2) is 60.0 Å². The van der Waals surface area contributed by atoms with Crippen molar-refractivity contribution >= 4 is 17.5 Å². The SMILES string of the molecule is CC(=O)N1CCN(c2cc(N3CCC(Cc4ccccc4)CC3)ncn2)CC1. The van der Waals surface area contributed by atoms with Crippen LogP contribution in [0.2, 0.25) is 0 Å². The van der Waals surface area contributed by atoms with E-state index in [9.17, 15) is 4.79 Å². The highest BCUT2D eigenvalue weighted by atomic mass is 16.2. The Hall–Kier alpha value is -2.63. The summed E-state index contributed by atoms with van der Waals surface area (Å²) in [7, 11) is 0. The molecule has 0 aliphatic carbocycles. The molecule has 0 radical (unpaired) electrons. The van der Waals surface area contributed by atoms with E-state index in [0.29, 0.717) is 0 Å². The van der Waals surface area contributed by atoms with Crippen molar-refractivity contribution in [1.29, 1.82) is 0 Å². The maximum Gasteiger partial charge on any atom is 0.219 e. The lowest BCUT2D eigenvalue weighted by Gasteiger charge is -2.36. The predicted octanol–water partition coefficient (Wildman–Crippen LogP) is 2.60. The van der Waals surface area contributed by atoms with Gasteiger partial charge in [-0.1, -0.05) is 30.3 Å². The Morgan fingerprint density at radius 3 is 2.14 bits per heavy atom. The summed E-state index contributed by atoms with van der Waals surface area (Å²) in [6.45, 7) is 6.92. The van der Waals surface area contributed by atoms with Gasteiger partial charge < -0.3 is 14.7 Å². The fourth-order valence-corrected chi connectivity index (χ4v) is 4.25. The molecule has 2 aliphatic rings. The van der Waals surface area contributed by atoms with Crippen LogP contribution in [0, 0.1) is 5.92 Å². The van der Waals surface area contributed by atoms with Crippen molar-refractivity contribution in [1.82, 2.24) is 14.9 Å². The summed E-state index contributed by atoms with van der Waals surface area (Å²) in [5.41, 5.74) is 1.44. The number of amides is 1. The molecule has 3 heterocycles. The molecule has 2 aliphatic heterocycles. The van der Waals surface area contributed by atoms with Gasteiger partial charge in [-0.05, 0) is 30.7 Å². The van der Waals surface area contributed by atoms with Gasteiger partial charge in [-0.15, -0.1) is 0 Å². The van der Waals surface area contributed by atoms with Gasteiger partial charge in [0.2, 0.25) is 5.91 Å². The van der Waals surface area contributed by atoms with Crippen LogP contribution >= 0.6 is 0 Å². The van der Waals surface area contributed by atoms with Crippen LogP contribution in [0.4, 0.5) is 11.6 Å². The number of anilines is 2. The summed E-state index contributed by atoms with van der Waals surface area (Å²) in [5.74, 6) is 2.90. The minimum absolute atomic E-state index is 0.154. The zero-order chi connectivity index (χ0) is 19.3. The topological polar surface area (TPSA) is 52.6 Å². The third-order valence-corrected chi connectivity index (χ3v) is 5.99. The Labute approximate surface area is 167 Å². The van der Waals surface area contributed by atoms with E-state index in [1.165, 1.54) is 24.8 Å². The van der Waals surface area contributed by atoms with Crippen molar-refractivity contribution in [3.8, 4) is 0 Å². The summed E-state index contributed by atoms with van der Waals surface area (Å²) in [5, 5.41) is 0. The predicted molar refractivity (Wildman–Crippen MR) is 112 cm³/mol. The second-order valence-electron chi connectivity index (χ2n) is 7.85. The molecule has 4 rings (SSSR count). The van der Waals surface area contributed by atoms with Gasteiger partial charge in [0.15, 0.2) is 0 Å². The first kappa shape index (κ1) is 18.7. The second-order valence-corrected chi connectivity index (χ2v) is 7.85. The first-order chi connectivity index (χ1) is 13.7. The molecule has 0 spiro atoms. The van der Waals surface area contributed by atoms with Crippen LogP contribution < -0.4 is 9.80 Å². The highest BCUT2D eigenvalue weighted by molar-refractivity contribution is 5.73. The summed E-state index contributed by atoms with van der Waals surface area (Å²) < 4.78 is 0. The van der Waals surface area contributed by atoms with Gasteiger partial charge in [0, 0.05) is 52.3 Å². The molecule has 6 heteroatoms. The summed E-state index contributed by atoms with van der Waals surface area (Å²) >= 11 is 0. The maximum atomic E-state index is 11.5. The van der Waals surface area contributed by atoms with Crippen LogP contribution in [0.25, 0.3) is 0 Å². The molecule has 2 fully saturated rings. The number of rotatable bonds is 4. The number of aromatic nitrogens is 2. The van der Waals surface area contributed by atoms with Crippen molar-refractivity contribution in [2.45, 2.75) is 26.2 Å². The van der Waals surface area contributed by atoms with Crippen molar-refractivity contribution in [2.75, 3.05) is 49.1 Å². The van der Waals surface area contributed by atoms with Gasteiger partial charge in [0.25, 0.3) is 0 Å². The highest BCUT2D eigenvalue weighted by Crippen LogP contribution is 2.26. The molecule has 1 aromatic carbocycles. The number of piperazine rings is 1. The molecule has 2 saturated heterocycles. The molecule has 6 nitrogen and oxygen atoms in total. The van der Waals surface area contributed by atoms with Gasteiger partial charge in [0.1, 0.15) is 18.0 Å². The monoisotopic (exact) mass is 379 g/mol. The minimum Gasteiger partial charge on any atom is -0.356 e. The molecular formula is C22H29N5O. The lowest BCUT2D eigenvalue weighted by molar-refractivity contribution is -0.129. The van der Waals surface area contributed by atoms with Crippen molar-refractivity contribution < 1.29 is 4.79 Å². The smallest absolute Gasteiger partial charge is 0.219 e. The maximum absolute atomic E-state index is 11.5. The van der Waals surface area contributed by atoms with Gasteiger partial charge >= 0.3 is 0 Å². The number of hydrogen-bond donors (Lipinski definition) is 0. The Morgan fingerprint density at radius 1 is 0.929 bits per heavy atom. The van der Waals surface area contributed by atoms with Crippen LogP contribution in [0.5, 0.6) is 0 Å². The van der Waals surface area contributed by atoms with Crippen LogP contribution in [-0.2, 0) is 11.2 Å². The Bertz CT molecular complexity index is 781. The Morgan fingerprint density at radius 2 is 1.54 bits per heavy atom. The van der Waals surface area contributed by atoms with Gasteiger partial charge in [-0.2, -0.15) is 0 Å². The summed E-state index contributed by atoms with van der Waals surface area (Å²) in [6, 6.07) is 12.9. The second kappa shape index (κ2) is 8.59. The molecule has 0 atom stereocenters. The first-order valence-electron chi connectivity index (χ1n) is 10.3.